The van der Waals surface area contributed by atoms with Crippen LogP contribution >= 0.6 is 0 Å². The Bertz CT molecular complexity index is 374. The Hall–Kier alpha value is -0.900. The van der Waals surface area contributed by atoms with Gasteiger partial charge in [-0.05, 0) is 37.9 Å². The van der Waals surface area contributed by atoms with Crippen molar-refractivity contribution < 1.29 is 5.11 Å². The Kier molecular flexibility index (Phi) is 7.20. The van der Waals surface area contributed by atoms with Crippen LogP contribution in [0.25, 0.3) is 0 Å². The van der Waals surface area contributed by atoms with E-state index in [1.807, 2.05) is 0 Å². The first-order valence-corrected chi connectivity index (χ1v) is 8.45. The van der Waals surface area contributed by atoms with Crippen molar-refractivity contribution in [3.05, 3.63) is 35.9 Å². The number of likely N-dealkylation sites (tertiary alicyclic amines) is 1. The van der Waals surface area contributed by atoms with E-state index >= 15 is 0 Å². The largest absolute Gasteiger partial charge is 0.392 e. The topological polar surface area (TPSA) is 35.5 Å². The van der Waals surface area contributed by atoms with Gasteiger partial charge in [0.05, 0.1) is 6.10 Å². The lowest BCUT2D eigenvalue weighted by molar-refractivity contribution is 0.139. The fourth-order valence-electron chi connectivity index (χ4n) is 2.98. The molecule has 3 heteroatoms. The van der Waals surface area contributed by atoms with Crippen LogP contribution in [-0.2, 0) is 6.54 Å². The van der Waals surface area contributed by atoms with Crippen molar-refractivity contribution in [1.29, 1.82) is 0 Å². The van der Waals surface area contributed by atoms with E-state index in [4.69, 9.17) is 0 Å². The number of aliphatic hydroxyl groups excluding tert-OH is 1. The summed E-state index contributed by atoms with van der Waals surface area (Å²) in [6.07, 6.45) is 5.41. The number of nitrogens with one attached hydrogen (secondary N) is 1. The van der Waals surface area contributed by atoms with Gasteiger partial charge in [0.15, 0.2) is 0 Å². The summed E-state index contributed by atoms with van der Waals surface area (Å²) in [5.74, 6) is 0. The minimum absolute atomic E-state index is 0.174. The van der Waals surface area contributed by atoms with Gasteiger partial charge in [0.1, 0.15) is 0 Å². The molecular formula is C18H30N2O. The van der Waals surface area contributed by atoms with Crippen molar-refractivity contribution in [2.24, 2.45) is 0 Å². The van der Waals surface area contributed by atoms with E-state index in [2.05, 4.69) is 47.5 Å². The molecule has 118 valence electrons. The lowest BCUT2D eigenvalue weighted by atomic mass is 10.0. The van der Waals surface area contributed by atoms with Crippen LogP contribution in [0, 0.1) is 0 Å². The number of hydrogen-bond acceptors (Lipinski definition) is 3. The summed E-state index contributed by atoms with van der Waals surface area (Å²) >= 11 is 0. The normalized spacial score (nSPS) is 18.8. The van der Waals surface area contributed by atoms with Crippen LogP contribution in [0.5, 0.6) is 0 Å². The quantitative estimate of drug-likeness (QED) is 0.773. The van der Waals surface area contributed by atoms with Crippen LogP contribution in [0.15, 0.2) is 30.3 Å². The van der Waals surface area contributed by atoms with Gasteiger partial charge in [0.2, 0.25) is 0 Å². The third-order valence-electron chi connectivity index (χ3n) is 4.37. The average Bonchev–Trinajstić information content (AvgIpc) is 2.53. The van der Waals surface area contributed by atoms with Crippen molar-refractivity contribution >= 4 is 0 Å². The van der Waals surface area contributed by atoms with Crippen molar-refractivity contribution in [3.63, 3.8) is 0 Å². The molecule has 1 aliphatic heterocycles. The van der Waals surface area contributed by atoms with Crippen LogP contribution in [0.3, 0.4) is 0 Å². The Balaban J connectivity index is 1.62. The molecule has 0 saturated carbocycles. The molecule has 21 heavy (non-hydrogen) atoms. The standard InChI is InChI=1S/C18H30N2O/c1-2-3-9-18(21)14-19-17-10-12-20(13-11-17)15-16-7-5-4-6-8-16/h4-8,17-19,21H,2-3,9-15H2,1H3/t18-/m0/s1. The lowest BCUT2D eigenvalue weighted by Crippen LogP contribution is -2.44. The summed E-state index contributed by atoms with van der Waals surface area (Å²) in [7, 11) is 0. The third kappa shape index (κ3) is 6.16. The highest BCUT2D eigenvalue weighted by Crippen LogP contribution is 2.14. The molecule has 0 unspecified atom stereocenters. The average molecular weight is 290 g/mol. The molecular weight excluding hydrogens is 260 g/mol. The summed E-state index contributed by atoms with van der Waals surface area (Å²) in [5.41, 5.74) is 1.40. The highest BCUT2D eigenvalue weighted by atomic mass is 16.3. The van der Waals surface area contributed by atoms with Gasteiger partial charge in [0, 0.05) is 19.1 Å². The third-order valence-corrected chi connectivity index (χ3v) is 4.37. The predicted octanol–water partition coefficient (Wildman–Crippen LogP) is 2.79. The van der Waals surface area contributed by atoms with E-state index in [0.29, 0.717) is 6.04 Å². The van der Waals surface area contributed by atoms with Gasteiger partial charge in [-0.2, -0.15) is 0 Å². The van der Waals surface area contributed by atoms with Crippen LogP contribution in [0.4, 0.5) is 0 Å². The Labute approximate surface area is 129 Å². The summed E-state index contributed by atoms with van der Waals surface area (Å²) in [6.45, 7) is 6.29. The Morgan fingerprint density at radius 2 is 1.95 bits per heavy atom. The first kappa shape index (κ1) is 16.5. The first-order valence-electron chi connectivity index (χ1n) is 8.45. The summed E-state index contributed by atoms with van der Waals surface area (Å²) in [4.78, 5) is 2.53. The van der Waals surface area contributed by atoms with Crippen molar-refractivity contribution in [1.82, 2.24) is 10.2 Å². The maximum atomic E-state index is 9.88. The van der Waals surface area contributed by atoms with Gasteiger partial charge in [-0.3, -0.25) is 4.90 Å². The molecule has 0 amide bonds. The lowest BCUT2D eigenvalue weighted by Gasteiger charge is -2.33. The SMILES string of the molecule is CCCC[C@H](O)CNC1CCN(Cc2ccccc2)CC1. The van der Waals surface area contributed by atoms with E-state index in [-0.39, 0.29) is 6.10 Å². The number of benzene rings is 1. The molecule has 1 aliphatic rings. The summed E-state index contributed by atoms with van der Waals surface area (Å²) in [6, 6.07) is 11.3. The van der Waals surface area contributed by atoms with E-state index < -0.39 is 0 Å². The number of aliphatic hydroxyl groups is 1. The highest BCUT2D eigenvalue weighted by molar-refractivity contribution is 5.14. The van der Waals surface area contributed by atoms with Crippen molar-refractivity contribution in [2.75, 3.05) is 19.6 Å². The zero-order valence-corrected chi connectivity index (χ0v) is 13.3. The second-order valence-corrected chi connectivity index (χ2v) is 6.24. The van der Waals surface area contributed by atoms with Crippen LogP contribution < -0.4 is 5.32 Å². The van der Waals surface area contributed by atoms with Crippen molar-refractivity contribution in [3.8, 4) is 0 Å². The Morgan fingerprint density at radius 3 is 2.62 bits per heavy atom. The summed E-state index contributed by atoms with van der Waals surface area (Å²) < 4.78 is 0. The van der Waals surface area contributed by atoms with E-state index in [1.54, 1.807) is 0 Å². The number of rotatable bonds is 8. The van der Waals surface area contributed by atoms with Gasteiger partial charge in [-0.25, -0.2) is 0 Å². The van der Waals surface area contributed by atoms with E-state index in [9.17, 15) is 5.11 Å². The zero-order valence-electron chi connectivity index (χ0n) is 13.3. The van der Waals surface area contributed by atoms with E-state index in [1.165, 1.54) is 18.4 Å². The predicted molar refractivity (Wildman–Crippen MR) is 88.3 cm³/mol. The van der Waals surface area contributed by atoms with Gasteiger partial charge in [-0.1, -0.05) is 50.1 Å². The van der Waals surface area contributed by atoms with Crippen LogP contribution in [-0.4, -0.2) is 41.8 Å². The molecule has 3 nitrogen and oxygen atoms in total. The fourth-order valence-corrected chi connectivity index (χ4v) is 2.98. The van der Waals surface area contributed by atoms with Gasteiger partial charge in [0.25, 0.3) is 0 Å². The smallest absolute Gasteiger partial charge is 0.0664 e. The molecule has 2 rings (SSSR count). The van der Waals surface area contributed by atoms with Crippen molar-refractivity contribution in [2.45, 2.75) is 57.7 Å². The molecule has 2 N–H and O–H groups in total. The molecule has 0 aliphatic carbocycles. The monoisotopic (exact) mass is 290 g/mol. The number of hydrogen-bond donors (Lipinski definition) is 2. The second-order valence-electron chi connectivity index (χ2n) is 6.24. The highest BCUT2D eigenvalue weighted by Gasteiger charge is 2.19. The minimum Gasteiger partial charge on any atom is -0.392 e. The summed E-state index contributed by atoms with van der Waals surface area (Å²) in [5, 5.41) is 13.4. The van der Waals surface area contributed by atoms with E-state index in [0.717, 1.165) is 45.4 Å². The second kappa shape index (κ2) is 9.19. The zero-order chi connectivity index (χ0) is 14.9. The maximum Gasteiger partial charge on any atom is 0.0664 e. The Morgan fingerprint density at radius 1 is 1.24 bits per heavy atom. The molecule has 1 fully saturated rings. The van der Waals surface area contributed by atoms with Gasteiger partial charge in [-0.15, -0.1) is 0 Å². The van der Waals surface area contributed by atoms with Gasteiger partial charge < -0.3 is 10.4 Å². The molecule has 1 aromatic carbocycles. The molecule has 0 radical (unpaired) electrons. The molecule has 0 aromatic heterocycles. The fraction of sp³-hybridized carbons (Fsp3) is 0.667. The number of nitrogens with zero attached hydrogens (tertiary/aromatic N) is 1. The minimum atomic E-state index is -0.174. The maximum absolute atomic E-state index is 9.88. The molecule has 0 spiro atoms. The molecule has 1 saturated heterocycles. The number of piperidine rings is 1. The molecule has 1 heterocycles. The van der Waals surface area contributed by atoms with Crippen LogP contribution in [0.1, 0.15) is 44.6 Å². The van der Waals surface area contributed by atoms with Gasteiger partial charge >= 0.3 is 0 Å². The number of unbranched alkanes of at least 4 members (excludes halogenated alkanes) is 1. The van der Waals surface area contributed by atoms with Crippen LogP contribution in [0.2, 0.25) is 0 Å². The molecule has 1 atom stereocenters. The molecule has 1 aromatic rings. The first-order chi connectivity index (χ1) is 10.3. The molecule has 0 bridgehead atoms.